The van der Waals surface area contributed by atoms with Crippen molar-refractivity contribution in [2.75, 3.05) is 39.3 Å². The zero-order valence-corrected chi connectivity index (χ0v) is 8.91. The molecule has 0 saturated carbocycles. The van der Waals surface area contributed by atoms with Crippen LogP contribution in [0.4, 0.5) is 0 Å². The number of rotatable bonds is 5. The van der Waals surface area contributed by atoms with Crippen LogP contribution in [0.1, 0.15) is 19.3 Å². The zero-order valence-electron chi connectivity index (χ0n) is 8.91. The van der Waals surface area contributed by atoms with Crippen molar-refractivity contribution >= 4 is 0 Å². The summed E-state index contributed by atoms with van der Waals surface area (Å²) in [5, 5.41) is 12.1. The van der Waals surface area contributed by atoms with E-state index in [0.717, 1.165) is 18.3 Å². The monoisotopic (exact) mass is 198 g/mol. The molecule has 0 bridgehead atoms. The molecule has 2 atom stereocenters. The van der Waals surface area contributed by atoms with Crippen molar-refractivity contribution in [3.05, 3.63) is 0 Å². The predicted molar refractivity (Wildman–Crippen MR) is 57.2 cm³/mol. The van der Waals surface area contributed by atoms with E-state index in [1.807, 2.05) is 0 Å². The predicted octanol–water partition coefficient (Wildman–Crippen LogP) is 0.300. The number of aliphatic hydroxyl groups is 1. The van der Waals surface area contributed by atoms with Crippen LogP contribution in [0.2, 0.25) is 0 Å². The van der Waals surface area contributed by atoms with E-state index in [4.69, 9.17) is 5.11 Å². The largest absolute Gasteiger partial charge is 0.396 e. The fourth-order valence-electron chi connectivity index (χ4n) is 2.76. The van der Waals surface area contributed by atoms with Gasteiger partial charge in [0.25, 0.3) is 0 Å². The Balaban J connectivity index is 1.60. The minimum Gasteiger partial charge on any atom is -0.396 e. The van der Waals surface area contributed by atoms with Crippen molar-refractivity contribution in [2.45, 2.75) is 19.3 Å². The number of unbranched alkanes of at least 4 members (excludes halogenated alkanes) is 2. The molecular weight excluding hydrogens is 176 g/mol. The maximum absolute atomic E-state index is 8.67. The molecule has 0 unspecified atom stereocenters. The van der Waals surface area contributed by atoms with E-state index in [0.29, 0.717) is 6.61 Å². The summed E-state index contributed by atoms with van der Waals surface area (Å²) in [6.45, 7) is 6.67. The number of aliphatic hydroxyl groups excluding tert-OH is 1. The van der Waals surface area contributed by atoms with Crippen molar-refractivity contribution in [3.63, 3.8) is 0 Å². The van der Waals surface area contributed by atoms with Gasteiger partial charge >= 0.3 is 0 Å². The average Bonchev–Trinajstić information content (AvgIpc) is 2.72. The molecule has 82 valence electrons. The first-order valence-electron chi connectivity index (χ1n) is 5.94. The van der Waals surface area contributed by atoms with Gasteiger partial charge in [0.2, 0.25) is 0 Å². The Morgan fingerprint density at radius 2 is 1.79 bits per heavy atom. The lowest BCUT2D eigenvalue weighted by atomic mass is 10.0. The van der Waals surface area contributed by atoms with E-state index >= 15 is 0 Å². The van der Waals surface area contributed by atoms with Crippen molar-refractivity contribution in [2.24, 2.45) is 11.8 Å². The highest BCUT2D eigenvalue weighted by Gasteiger charge is 2.35. The first kappa shape index (κ1) is 10.4. The highest BCUT2D eigenvalue weighted by molar-refractivity contribution is 4.90. The lowest BCUT2D eigenvalue weighted by Gasteiger charge is -2.16. The molecule has 2 aliphatic rings. The fourth-order valence-corrected chi connectivity index (χ4v) is 2.76. The molecule has 0 spiro atoms. The van der Waals surface area contributed by atoms with Crippen LogP contribution in [-0.4, -0.2) is 49.3 Å². The molecule has 0 aromatic rings. The lowest BCUT2D eigenvalue weighted by Crippen LogP contribution is -2.26. The number of nitrogens with one attached hydrogen (secondary N) is 1. The first-order chi connectivity index (χ1) is 6.90. The summed E-state index contributed by atoms with van der Waals surface area (Å²) >= 11 is 0. The van der Waals surface area contributed by atoms with E-state index in [9.17, 15) is 0 Å². The summed E-state index contributed by atoms with van der Waals surface area (Å²) in [4.78, 5) is 2.60. The van der Waals surface area contributed by atoms with Crippen molar-refractivity contribution in [3.8, 4) is 0 Å². The van der Waals surface area contributed by atoms with Crippen molar-refractivity contribution < 1.29 is 5.11 Å². The highest BCUT2D eigenvalue weighted by atomic mass is 16.2. The lowest BCUT2D eigenvalue weighted by molar-refractivity contribution is 0.268. The Morgan fingerprint density at radius 3 is 2.43 bits per heavy atom. The molecule has 0 aromatic carbocycles. The van der Waals surface area contributed by atoms with E-state index in [-0.39, 0.29) is 0 Å². The minimum absolute atomic E-state index is 0.356. The molecule has 0 aliphatic carbocycles. The second kappa shape index (κ2) is 5.10. The van der Waals surface area contributed by atoms with Crippen LogP contribution in [0.25, 0.3) is 0 Å². The number of nitrogens with zero attached hydrogens (tertiary/aromatic N) is 1. The van der Waals surface area contributed by atoms with Gasteiger partial charge in [0, 0.05) is 19.7 Å². The van der Waals surface area contributed by atoms with Gasteiger partial charge in [-0.1, -0.05) is 0 Å². The molecule has 0 amide bonds. The zero-order chi connectivity index (χ0) is 9.80. The molecule has 2 rings (SSSR count). The molecule has 14 heavy (non-hydrogen) atoms. The average molecular weight is 198 g/mol. The number of fused-ring (bicyclic) bond motifs is 1. The van der Waals surface area contributed by atoms with Crippen LogP contribution in [0.15, 0.2) is 0 Å². The summed E-state index contributed by atoms with van der Waals surface area (Å²) < 4.78 is 0. The summed E-state index contributed by atoms with van der Waals surface area (Å²) in [6, 6.07) is 0. The Labute approximate surface area is 86.5 Å². The molecule has 2 aliphatic heterocycles. The smallest absolute Gasteiger partial charge is 0.0431 e. The third-order valence-corrected chi connectivity index (χ3v) is 3.60. The summed E-state index contributed by atoms with van der Waals surface area (Å²) in [7, 11) is 0. The number of hydrogen-bond acceptors (Lipinski definition) is 3. The Bertz CT molecular complexity index is 163. The minimum atomic E-state index is 0.356. The van der Waals surface area contributed by atoms with Gasteiger partial charge in [-0.25, -0.2) is 0 Å². The Morgan fingerprint density at radius 1 is 1.07 bits per heavy atom. The molecule has 0 radical (unpaired) electrons. The first-order valence-corrected chi connectivity index (χ1v) is 5.94. The van der Waals surface area contributed by atoms with Gasteiger partial charge in [-0.2, -0.15) is 0 Å². The van der Waals surface area contributed by atoms with Gasteiger partial charge in [-0.05, 0) is 50.7 Å². The van der Waals surface area contributed by atoms with Crippen LogP contribution < -0.4 is 5.32 Å². The normalized spacial score (nSPS) is 32.4. The maximum Gasteiger partial charge on any atom is 0.0431 e. The molecule has 3 nitrogen and oxygen atoms in total. The Hall–Kier alpha value is -0.120. The van der Waals surface area contributed by atoms with Gasteiger partial charge in [0.15, 0.2) is 0 Å². The van der Waals surface area contributed by atoms with Gasteiger partial charge in [-0.15, -0.1) is 0 Å². The number of likely N-dealkylation sites (tertiary alicyclic amines) is 1. The van der Waals surface area contributed by atoms with Crippen molar-refractivity contribution in [1.29, 1.82) is 0 Å². The third-order valence-electron chi connectivity index (χ3n) is 3.60. The van der Waals surface area contributed by atoms with Crippen LogP contribution in [0.3, 0.4) is 0 Å². The molecule has 3 heteroatoms. The second-order valence-corrected chi connectivity index (χ2v) is 4.72. The SMILES string of the molecule is OCCCCCN1C[C@H]2CNC[C@H]2C1. The van der Waals surface area contributed by atoms with Gasteiger partial charge < -0.3 is 15.3 Å². The summed E-state index contributed by atoms with van der Waals surface area (Å²) in [5.74, 6) is 1.85. The maximum atomic E-state index is 8.67. The number of hydrogen-bond donors (Lipinski definition) is 2. The van der Waals surface area contributed by atoms with Gasteiger partial charge in [0.1, 0.15) is 0 Å². The molecule has 2 heterocycles. The summed E-state index contributed by atoms with van der Waals surface area (Å²) in [5.41, 5.74) is 0. The van der Waals surface area contributed by atoms with Crippen LogP contribution in [0, 0.1) is 11.8 Å². The quantitative estimate of drug-likeness (QED) is 0.624. The fraction of sp³-hybridized carbons (Fsp3) is 1.00. The van der Waals surface area contributed by atoms with E-state index in [2.05, 4.69) is 10.2 Å². The molecular formula is C11H22N2O. The topological polar surface area (TPSA) is 35.5 Å². The van der Waals surface area contributed by atoms with E-state index in [1.165, 1.54) is 45.6 Å². The van der Waals surface area contributed by atoms with Crippen LogP contribution >= 0.6 is 0 Å². The van der Waals surface area contributed by atoms with E-state index in [1.54, 1.807) is 0 Å². The Kier molecular flexibility index (Phi) is 3.79. The highest BCUT2D eigenvalue weighted by Crippen LogP contribution is 2.26. The molecule has 2 fully saturated rings. The van der Waals surface area contributed by atoms with E-state index < -0.39 is 0 Å². The third kappa shape index (κ3) is 2.47. The van der Waals surface area contributed by atoms with Crippen molar-refractivity contribution in [1.82, 2.24) is 10.2 Å². The molecule has 0 aromatic heterocycles. The van der Waals surface area contributed by atoms with Crippen LogP contribution in [-0.2, 0) is 0 Å². The molecule has 2 N–H and O–H groups in total. The van der Waals surface area contributed by atoms with Crippen LogP contribution in [0.5, 0.6) is 0 Å². The molecule has 2 saturated heterocycles. The summed E-state index contributed by atoms with van der Waals surface area (Å²) in [6.07, 6.45) is 3.41. The van der Waals surface area contributed by atoms with Gasteiger partial charge in [-0.3, -0.25) is 0 Å². The van der Waals surface area contributed by atoms with Gasteiger partial charge in [0.05, 0.1) is 0 Å². The standard InChI is InChI=1S/C11H22N2O/c14-5-3-1-2-4-13-8-10-6-12-7-11(10)9-13/h10-12,14H,1-9H2/t10-,11+. The second-order valence-electron chi connectivity index (χ2n) is 4.72.